The predicted octanol–water partition coefficient (Wildman–Crippen LogP) is 1.62. The number of sulfonamides is 1. The minimum absolute atomic E-state index is 0.00873. The third kappa shape index (κ3) is 5.69. The number of fused-ring (bicyclic) bond motifs is 1. The number of hydrogen-bond acceptors (Lipinski definition) is 11. The number of amides is 1. The molecule has 4 aromatic rings. The van der Waals surface area contributed by atoms with Gasteiger partial charge in [0.25, 0.3) is 5.56 Å². The van der Waals surface area contributed by atoms with Crippen LogP contribution in [0.5, 0.6) is 0 Å². The van der Waals surface area contributed by atoms with Crippen molar-refractivity contribution in [1.29, 1.82) is 0 Å². The summed E-state index contributed by atoms with van der Waals surface area (Å²) in [6.45, 7) is 6.38. The van der Waals surface area contributed by atoms with Crippen molar-refractivity contribution in [3.63, 3.8) is 0 Å². The molecule has 5 heterocycles. The smallest absolute Gasteiger partial charge is 0.263 e. The summed E-state index contributed by atoms with van der Waals surface area (Å²) in [4.78, 5) is 57.9. The average molecular weight is 637 g/mol. The first-order valence-corrected chi connectivity index (χ1v) is 16.5. The zero-order chi connectivity index (χ0) is 31.0. The standard InChI is InChI=1S/C29H32N8O5S2/c1-20(38)22-4-6-23(7-5-22)33-10-12-34(13-11-33)24(39)18-36-19-32-27-25(28(36)40)26(21(2)43-27)44(41,42)37-16-14-35(15-17-37)29-30-8-3-9-31-29/h3-9,19H,10-18H2,1-2H3. The van der Waals surface area contributed by atoms with Crippen LogP contribution in [0.4, 0.5) is 11.6 Å². The third-order valence-electron chi connectivity index (χ3n) is 8.05. The fourth-order valence-corrected chi connectivity index (χ4v) is 8.70. The maximum atomic E-state index is 13.9. The van der Waals surface area contributed by atoms with E-state index < -0.39 is 15.6 Å². The highest BCUT2D eigenvalue weighted by molar-refractivity contribution is 7.89. The quantitative estimate of drug-likeness (QED) is 0.275. The molecular weight excluding hydrogens is 605 g/mol. The molecule has 15 heteroatoms. The minimum atomic E-state index is -4.01. The Labute approximate surface area is 258 Å². The summed E-state index contributed by atoms with van der Waals surface area (Å²) in [6.07, 6.45) is 4.61. The molecule has 3 aromatic heterocycles. The van der Waals surface area contributed by atoms with Crippen molar-refractivity contribution in [1.82, 2.24) is 28.7 Å². The molecule has 0 unspecified atom stereocenters. The lowest BCUT2D eigenvalue weighted by atomic mass is 10.1. The van der Waals surface area contributed by atoms with Gasteiger partial charge in [0.2, 0.25) is 21.9 Å². The van der Waals surface area contributed by atoms with Crippen molar-refractivity contribution in [3.8, 4) is 0 Å². The molecule has 230 valence electrons. The van der Waals surface area contributed by atoms with Gasteiger partial charge in [-0.3, -0.25) is 19.0 Å². The summed E-state index contributed by atoms with van der Waals surface area (Å²) >= 11 is 1.16. The fraction of sp³-hybridized carbons (Fsp3) is 0.379. The van der Waals surface area contributed by atoms with Crippen LogP contribution < -0.4 is 15.4 Å². The molecule has 1 amide bonds. The van der Waals surface area contributed by atoms with Crippen LogP contribution >= 0.6 is 11.3 Å². The zero-order valence-corrected chi connectivity index (χ0v) is 26.1. The van der Waals surface area contributed by atoms with Crippen LogP contribution in [0.15, 0.2) is 58.7 Å². The lowest BCUT2D eigenvalue weighted by molar-refractivity contribution is -0.132. The molecule has 0 radical (unpaired) electrons. The van der Waals surface area contributed by atoms with E-state index in [0.29, 0.717) is 60.5 Å². The van der Waals surface area contributed by atoms with E-state index in [-0.39, 0.29) is 41.6 Å². The number of nitrogens with zero attached hydrogens (tertiary/aromatic N) is 8. The molecule has 0 N–H and O–H groups in total. The van der Waals surface area contributed by atoms with Gasteiger partial charge in [0.1, 0.15) is 16.3 Å². The second-order valence-corrected chi connectivity index (χ2v) is 13.8. The first-order chi connectivity index (χ1) is 21.1. The van der Waals surface area contributed by atoms with Crippen molar-refractivity contribution in [3.05, 3.63) is 69.8 Å². The van der Waals surface area contributed by atoms with Gasteiger partial charge in [-0.2, -0.15) is 4.31 Å². The highest BCUT2D eigenvalue weighted by Crippen LogP contribution is 2.33. The van der Waals surface area contributed by atoms with Crippen LogP contribution in [0.2, 0.25) is 0 Å². The Morgan fingerprint density at radius 3 is 2.16 bits per heavy atom. The van der Waals surface area contributed by atoms with Gasteiger partial charge < -0.3 is 14.7 Å². The van der Waals surface area contributed by atoms with Crippen LogP contribution in [0.3, 0.4) is 0 Å². The second kappa shape index (κ2) is 12.1. The Balaban J connectivity index is 1.16. The zero-order valence-electron chi connectivity index (χ0n) is 24.4. The summed E-state index contributed by atoms with van der Waals surface area (Å²) in [6, 6.07) is 9.12. The van der Waals surface area contributed by atoms with Gasteiger partial charge in [-0.1, -0.05) is 0 Å². The van der Waals surface area contributed by atoms with Crippen LogP contribution in [-0.4, -0.2) is 101 Å². The van der Waals surface area contributed by atoms with Gasteiger partial charge in [0.15, 0.2) is 5.78 Å². The number of hydrogen-bond donors (Lipinski definition) is 0. The number of aryl methyl sites for hydroxylation is 1. The van der Waals surface area contributed by atoms with E-state index in [2.05, 4.69) is 19.9 Å². The van der Waals surface area contributed by atoms with E-state index in [4.69, 9.17) is 0 Å². The number of anilines is 2. The molecule has 2 aliphatic rings. The molecule has 2 fully saturated rings. The topological polar surface area (TPSA) is 142 Å². The van der Waals surface area contributed by atoms with Crippen molar-refractivity contribution < 1.29 is 18.0 Å². The van der Waals surface area contributed by atoms with E-state index >= 15 is 0 Å². The molecule has 2 aliphatic heterocycles. The monoisotopic (exact) mass is 636 g/mol. The molecule has 2 saturated heterocycles. The fourth-order valence-electron chi connectivity index (χ4n) is 5.62. The maximum Gasteiger partial charge on any atom is 0.263 e. The molecule has 6 rings (SSSR count). The Morgan fingerprint density at radius 1 is 0.886 bits per heavy atom. The predicted molar refractivity (Wildman–Crippen MR) is 167 cm³/mol. The highest BCUT2D eigenvalue weighted by atomic mass is 32.2. The summed E-state index contributed by atoms with van der Waals surface area (Å²) in [5.74, 6) is 0.313. The Bertz CT molecular complexity index is 1860. The van der Waals surface area contributed by atoms with Crippen LogP contribution in [-0.2, 0) is 21.4 Å². The van der Waals surface area contributed by atoms with Gasteiger partial charge in [-0.15, -0.1) is 11.3 Å². The number of carbonyl (C=O) groups is 2. The number of benzene rings is 1. The van der Waals surface area contributed by atoms with Crippen molar-refractivity contribution in [2.75, 3.05) is 62.2 Å². The summed E-state index contributed by atoms with van der Waals surface area (Å²) in [7, 11) is -4.01. The maximum absolute atomic E-state index is 13.9. The first kappa shape index (κ1) is 29.8. The van der Waals surface area contributed by atoms with Crippen LogP contribution in [0.25, 0.3) is 10.2 Å². The number of ketones is 1. The van der Waals surface area contributed by atoms with E-state index in [0.717, 1.165) is 17.0 Å². The summed E-state index contributed by atoms with van der Waals surface area (Å²) in [5.41, 5.74) is 1.08. The molecule has 13 nitrogen and oxygen atoms in total. The summed E-state index contributed by atoms with van der Waals surface area (Å²) < 4.78 is 30.3. The van der Waals surface area contributed by atoms with Crippen LogP contribution in [0, 0.1) is 6.92 Å². The number of Topliss-reactive ketones (excluding diaryl/α,β-unsaturated/α-hetero) is 1. The number of carbonyl (C=O) groups excluding carboxylic acids is 2. The van der Waals surface area contributed by atoms with Gasteiger partial charge in [0.05, 0.1) is 11.7 Å². The number of piperazine rings is 2. The van der Waals surface area contributed by atoms with Crippen LogP contribution in [0.1, 0.15) is 22.2 Å². The van der Waals surface area contributed by atoms with Crippen molar-refractivity contribution in [2.24, 2.45) is 0 Å². The molecule has 0 atom stereocenters. The van der Waals surface area contributed by atoms with E-state index in [1.165, 1.54) is 22.1 Å². The van der Waals surface area contributed by atoms with Crippen molar-refractivity contribution >= 4 is 54.9 Å². The molecule has 0 saturated carbocycles. The van der Waals surface area contributed by atoms with Gasteiger partial charge in [-0.25, -0.2) is 23.4 Å². The van der Waals surface area contributed by atoms with Gasteiger partial charge >= 0.3 is 0 Å². The molecule has 0 bridgehead atoms. The van der Waals surface area contributed by atoms with E-state index in [9.17, 15) is 22.8 Å². The van der Waals surface area contributed by atoms with Crippen molar-refractivity contribution in [2.45, 2.75) is 25.3 Å². The number of rotatable bonds is 7. The SMILES string of the molecule is CC(=O)c1ccc(N2CCN(C(=O)Cn3cnc4sc(C)c(S(=O)(=O)N5CCN(c6ncccn6)CC5)c4c3=O)CC2)cc1. The Morgan fingerprint density at radius 2 is 1.52 bits per heavy atom. The highest BCUT2D eigenvalue weighted by Gasteiger charge is 2.34. The molecule has 44 heavy (non-hydrogen) atoms. The first-order valence-electron chi connectivity index (χ1n) is 14.3. The molecular formula is C29H32N8O5S2. The summed E-state index contributed by atoms with van der Waals surface area (Å²) in [5, 5.41) is 0.0236. The van der Waals surface area contributed by atoms with E-state index in [1.54, 1.807) is 42.4 Å². The average Bonchev–Trinajstić information content (AvgIpc) is 3.40. The number of thiophene rings is 1. The Kier molecular flexibility index (Phi) is 8.18. The van der Waals surface area contributed by atoms with E-state index in [1.807, 2.05) is 17.0 Å². The minimum Gasteiger partial charge on any atom is -0.368 e. The Hall–Kier alpha value is -4.21. The molecule has 1 aromatic carbocycles. The number of aromatic nitrogens is 4. The van der Waals surface area contributed by atoms with Gasteiger partial charge in [-0.05, 0) is 44.2 Å². The lowest BCUT2D eigenvalue weighted by Gasteiger charge is -2.36. The molecule has 0 aliphatic carbocycles. The normalized spacial score (nSPS) is 16.5. The lowest BCUT2D eigenvalue weighted by Crippen LogP contribution is -2.50. The van der Waals surface area contributed by atoms with Gasteiger partial charge in [0, 0.05) is 80.9 Å². The third-order valence-corrected chi connectivity index (χ3v) is 11.3. The molecule has 0 spiro atoms. The largest absolute Gasteiger partial charge is 0.368 e. The second-order valence-electron chi connectivity index (χ2n) is 10.8.